The molecular weight excluding hydrogens is 370 g/mol. The molecule has 1 atom stereocenters. The van der Waals surface area contributed by atoms with Crippen molar-refractivity contribution in [2.75, 3.05) is 0 Å². The van der Waals surface area contributed by atoms with Gasteiger partial charge in [-0.25, -0.2) is 0 Å². The molecule has 0 aliphatic rings. The molecule has 0 radical (unpaired) electrons. The van der Waals surface area contributed by atoms with Crippen LogP contribution in [0, 0.1) is 0 Å². The molecule has 27 heavy (non-hydrogen) atoms. The van der Waals surface area contributed by atoms with E-state index in [0.717, 1.165) is 5.69 Å². The minimum absolute atomic E-state index is 0.338. The first-order valence-electron chi connectivity index (χ1n) is 8.72. The summed E-state index contributed by atoms with van der Waals surface area (Å²) in [6.45, 7) is 1.36. The zero-order valence-electron chi connectivity index (χ0n) is 14.9. The number of hydrogen-bond acceptors (Lipinski definition) is 3. The summed E-state index contributed by atoms with van der Waals surface area (Å²) in [7, 11) is 0. The highest BCUT2D eigenvalue weighted by atomic mass is 32.1. The summed E-state index contributed by atoms with van der Waals surface area (Å²) < 4.78 is 0. The Morgan fingerprint density at radius 1 is 0.815 bits per heavy atom. The molecule has 0 aliphatic heterocycles. The van der Waals surface area contributed by atoms with Crippen molar-refractivity contribution >= 4 is 34.4 Å². The number of rotatable bonds is 7. The molecule has 0 amide bonds. The number of nitrogens with zero attached hydrogens (tertiary/aromatic N) is 2. The maximum absolute atomic E-state index is 6.07. The molecule has 1 heterocycles. The van der Waals surface area contributed by atoms with E-state index in [4.69, 9.17) is 30.2 Å². The van der Waals surface area contributed by atoms with Crippen LogP contribution in [0.2, 0.25) is 0 Å². The molecule has 0 saturated carbocycles. The first-order chi connectivity index (χ1) is 13.1. The lowest BCUT2D eigenvalue weighted by molar-refractivity contribution is 0.405. The Bertz CT molecular complexity index is 842. The van der Waals surface area contributed by atoms with Gasteiger partial charge >= 0.3 is 0 Å². The maximum Gasteiger partial charge on any atom is 0.102 e. The highest BCUT2D eigenvalue weighted by Crippen LogP contribution is 2.22. The van der Waals surface area contributed by atoms with Crippen molar-refractivity contribution in [2.45, 2.75) is 19.0 Å². The Balaban J connectivity index is 1.92. The molecule has 136 valence electrons. The summed E-state index contributed by atoms with van der Waals surface area (Å²) in [6.07, 6.45) is 1.74. The molecule has 0 fully saturated rings. The molecule has 0 saturated heterocycles. The molecule has 0 aliphatic carbocycles. The van der Waals surface area contributed by atoms with Crippen LogP contribution in [0.15, 0.2) is 85.1 Å². The van der Waals surface area contributed by atoms with Crippen LogP contribution < -0.4 is 5.73 Å². The van der Waals surface area contributed by atoms with Crippen LogP contribution >= 0.6 is 24.4 Å². The van der Waals surface area contributed by atoms with Crippen molar-refractivity contribution in [2.24, 2.45) is 5.73 Å². The third-order valence-corrected chi connectivity index (χ3v) is 4.99. The topological polar surface area (TPSA) is 42.1 Å². The van der Waals surface area contributed by atoms with Gasteiger partial charge in [-0.05, 0) is 23.3 Å². The highest BCUT2D eigenvalue weighted by Gasteiger charge is 2.26. The molecule has 1 aromatic heterocycles. The Labute approximate surface area is 170 Å². The maximum atomic E-state index is 6.07. The van der Waals surface area contributed by atoms with E-state index < -0.39 is 0 Å². The van der Waals surface area contributed by atoms with Gasteiger partial charge in [-0.2, -0.15) is 0 Å². The molecule has 2 N–H and O–H groups in total. The van der Waals surface area contributed by atoms with E-state index in [1.807, 2.05) is 54.6 Å². The van der Waals surface area contributed by atoms with Crippen molar-refractivity contribution in [3.63, 3.8) is 0 Å². The quantitative estimate of drug-likeness (QED) is 0.602. The lowest BCUT2D eigenvalue weighted by Crippen LogP contribution is -2.38. The van der Waals surface area contributed by atoms with Crippen molar-refractivity contribution in [3.05, 3.63) is 102 Å². The minimum atomic E-state index is -0.372. The van der Waals surface area contributed by atoms with Crippen LogP contribution in [0.1, 0.15) is 22.7 Å². The Hall–Kier alpha value is -2.63. The predicted molar refractivity (Wildman–Crippen MR) is 118 cm³/mol. The fourth-order valence-electron chi connectivity index (χ4n) is 2.94. The van der Waals surface area contributed by atoms with Gasteiger partial charge in [-0.3, -0.25) is 4.98 Å². The van der Waals surface area contributed by atoms with Crippen LogP contribution in [-0.4, -0.2) is 19.9 Å². The SMILES string of the molecule is NC(=S)C(C(=S)N(Cc1ccccc1)Cc1ccccc1)c1ccccn1. The van der Waals surface area contributed by atoms with Crippen LogP contribution in [-0.2, 0) is 13.1 Å². The van der Waals surface area contributed by atoms with E-state index >= 15 is 0 Å². The molecular formula is C22H21N3S2. The third-order valence-electron chi connectivity index (χ3n) is 4.26. The van der Waals surface area contributed by atoms with Crippen molar-refractivity contribution in [1.82, 2.24) is 9.88 Å². The van der Waals surface area contributed by atoms with Gasteiger partial charge in [0.25, 0.3) is 0 Å². The summed E-state index contributed by atoms with van der Waals surface area (Å²) in [6, 6.07) is 26.2. The average Bonchev–Trinajstić information content (AvgIpc) is 2.70. The average molecular weight is 392 g/mol. The van der Waals surface area contributed by atoms with E-state index in [2.05, 4.69) is 34.1 Å². The van der Waals surface area contributed by atoms with Gasteiger partial charge in [0, 0.05) is 19.3 Å². The molecule has 3 nitrogen and oxygen atoms in total. The Morgan fingerprint density at radius 2 is 1.33 bits per heavy atom. The minimum Gasteiger partial charge on any atom is -0.392 e. The number of hydrogen-bond donors (Lipinski definition) is 1. The second-order valence-electron chi connectivity index (χ2n) is 6.26. The summed E-state index contributed by atoms with van der Waals surface area (Å²) in [5.74, 6) is -0.372. The summed E-state index contributed by atoms with van der Waals surface area (Å²) in [5.41, 5.74) is 9.21. The number of benzene rings is 2. The molecule has 3 rings (SSSR count). The van der Waals surface area contributed by atoms with E-state index in [1.165, 1.54) is 11.1 Å². The van der Waals surface area contributed by atoms with E-state index in [1.54, 1.807) is 6.20 Å². The van der Waals surface area contributed by atoms with E-state index in [0.29, 0.717) is 23.1 Å². The fraction of sp³-hybridized carbons (Fsp3) is 0.136. The van der Waals surface area contributed by atoms with E-state index in [-0.39, 0.29) is 5.92 Å². The summed E-state index contributed by atoms with van der Waals surface area (Å²) in [5, 5.41) is 0. The zero-order valence-corrected chi connectivity index (χ0v) is 16.5. The van der Waals surface area contributed by atoms with Crippen LogP contribution in [0.25, 0.3) is 0 Å². The highest BCUT2D eigenvalue weighted by molar-refractivity contribution is 7.82. The van der Waals surface area contributed by atoms with Gasteiger partial charge in [0.1, 0.15) is 5.92 Å². The fourth-order valence-corrected chi connectivity index (χ4v) is 3.63. The number of thiocarbonyl (C=S) groups is 2. The summed E-state index contributed by atoms with van der Waals surface area (Å²) >= 11 is 11.2. The predicted octanol–water partition coefficient (Wildman–Crippen LogP) is 4.48. The molecule has 0 spiro atoms. The second kappa shape index (κ2) is 9.35. The molecule has 0 bridgehead atoms. The monoisotopic (exact) mass is 391 g/mol. The molecule has 3 aromatic rings. The number of nitrogens with two attached hydrogens (primary N) is 1. The Morgan fingerprint density at radius 3 is 1.78 bits per heavy atom. The van der Waals surface area contributed by atoms with Crippen LogP contribution in [0.4, 0.5) is 0 Å². The van der Waals surface area contributed by atoms with Crippen molar-refractivity contribution in [1.29, 1.82) is 0 Å². The second-order valence-corrected chi connectivity index (χ2v) is 7.15. The van der Waals surface area contributed by atoms with Gasteiger partial charge < -0.3 is 10.6 Å². The van der Waals surface area contributed by atoms with Gasteiger partial charge in [-0.1, -0.05) is 91.2 Å². The zero-order chi connectivity index (χ0) is 19.1. The van der Waals surface area contributed by atoms with E-state index in [9.17, 15) is 0 Å². The van der Waals surface area contributed by atoms with Crippen molar-refractivity contribution < 1.29 is 0 Å². The van der Waals surface area contributed by atoms with Gasteiger partial charge in [-0.15, -0.1) is 0 Å². The van der Waals surface area contributed by atoms with Crippen LogP contribution in [0.5, 0.6) is 0 Å². The first-order valence-corrected chi connectivity index (χ1v) is 9.53. The number of pyridine rings is 1. The van der Waals surface area contributed by atoms with Crippen LogP contribution in [0.3, 0.4) is 0 Å². The van der Waals surface area contributed by atoms with Gasteiger partial charge in [0.15, 0.2) is 0 Å². The third kappa shape index (κ3) is 5.18. The standard InChI is InChI=1S/C22H21N3S2/c23-21(26)20(19-13-7-8-14-24-19)22(27)25(15-17-9-3-1-4-10-17)16-18-11-5-2-6-12-18/h1-14,20H,15-16H2,(H2,23,26). The number of aromatic nitrogens is 1. The first kappa shape index (κ1) is 19.1. The Kier molecular flexibility index (Phi) is 6.63. The molecule has 1 unspecified atom stereocenters. The molecule has 5 heteroatoms. The largest absolute Gasteiger partial charge is 0.392 e. The summed E-state index contributed by atoms with van der Waals surface area (Å²) in [4.78, 5) is 7.61. The van der Waals surface area contributed by atoms with Gasteiger partial charge in [0.2, 0.25) is 0 Å². The lowest BCUT2D eigenvalue weighted by atomic mass is 10.0. The lowest BCUT2D eigenvalue weighted by Gasteiger charge is -2.30. The van der Waals surface area contributed by atoms with Crippen molar-refractivity contribution in [3.8, 4) is 0 Å². The molecule has 2 aromatic carbocycles. The van der Waals surface area contributed by atoms with Gasteiger partial charge in [0.05, 0.1) is 15.7 Å². The smallest absolute Gasteiger partial charge is 0.102 e. The normalized spacial score (nSPS) is 11.6.